The number of carbonyl (C=O) groups is 2. The fraction of sp³-hybridized carbons (Fsp3) is 0.500. The van der Waals surface area contributed by atoms with Crippen LogP contribution in [0, 0.1) is 12.8 Å². The molecule has 1 atom stereocenters. The monoisotopic (exact) mass is 384 g/mol. The van der Waals surface area contributed by atoms with Gasteiger partial charge in [0.05, 0.1) is 5.92 Å². The molecule has 1 aromatic heterocycles. The highest BCUT2D eigenvalue weighted by Crippen LogP contribution is 2.35. The maximum atomic E-state index is 12.6. The van der Waals surface area contributed by atoms with E-state index in [2.05, 4.69) is 15.5 Å². The lowest BCUT2D eigenvalue weighted by Crippen LogP contribution is -2.28. The highest BCUT2D eigenvalue weighted by molar-refractivity contribution is 7.15. The summed E-state index contributed by atoms with van der Waals surface area (Å²) in [5.41, 5.74) is 1.99. The first-order chi connectivity index (χ1) is 13.1. The fourth-order valence-corrected chi connectivity index (χ4v) is 4.78. The summed E-state index contributed by atoms with van der Waals surface area (Å²) in [7, 11) is 0. The quantitative estimate of drug-likeness (QED) is 0.868. The van der Waals surface area contributed by atoms with E-state index in [9.17, 15) is 9.59 Å². The van der Waals surface area contributed by atoms with E-state index in [1.54, 1.807) is 4.90 Å². The first-order valence-electron chi connectivity index (χ1n) is 9.61. The average Bonchev–Trinajstić information content (AvgIpc) is 3.30. The highest BCUT2D eigenvalue weighted by Gasteiger charge is 2.35. The van der Waals surface area contributed by atoms with Gasteiger partial charge < -0.3 is 10.2 Å². The predicted molar refractivity (Wildman–Crippen MR) is 106 cm³/mol. The molecule has 142 valence electrons. The van der Waals surface area contributed by atoms with Crippen molar-refractivity contribution >= 4 is 34.0 Å². The minimum atomic E-state index is -0.360. The van der Waals surface area contributed by atoms with Crippen LogP contribution in [0.25, 0.3) is 0 Å². The smallest absolute Gasteiger partial charge is 0.231 e. The lowest BCUT2D eigenvalue weighted by molar-refractivity contribution is -0.122. The van der Waals surface area contributed by atoms with Crippen LogP contribution in [0.1, 0.15) is 55.0 Å². The average molecular weight is 385 g/mol. The predicted octanol–water partition coefficient (Wildman–Crippen LogP) is 3.89. The third-order valence-corrected chi connectivity index (χ3v) is 6.47. The number of carbonyl (C=O) groups excluding carboxylic acids is 2. The number of nitrogens with one attached hydrogen (secondary N) is 1. The summed E-state index contributed by atoms with van der Waals surface area (Å²) in [6.07, 6.45) is 6.33. The number of amides is 2. The van der Waals surface area contributed by atoms with Crippen molar-refractivity contribution < 1.29 is 9.59 Å². The second-order valence-corrected chi connectivity index (χ2v) is 8.52. The largest absolute Gasteiger partial charge is 0.312 e. The number of benzene rings is 1. The van der Waals surface area contributed by atoms with E-state index >= 15 is 0 Å². The molecule has 1 saturated carbocycles. The number of hydrogen-bond acceptors (Lipinski definition) is 5. The first kappa shape index (κ1) is 18.1. The molecule has 6 nitrogen and oxygen atoms in total. The van der Waals surface area contributed by atoms with E-state index in [0.717, 1.165) is 29.1 Å². The Balaban J connectivity index is 1.38. The number of hydrogen-bond donors (Lipinski definition) is 1. The van der Waals surface area contributed by atoms with Crippen molar-refractivity contribution in [3.63, 3.8) is 0 Å². The van der Waals surface area contributed by atoms with Gasteiger partial charge in [0.2, 0.25) is 16.9 Å². The van der Waals surface area contributed by atoms with Crippen LogP contribution in [0.4, 0.5) is 10.8 Å². The molecule has 1 N–H and O–H groups in total. The molecule has 4 rings (SSSR count). The van der Waals surface area contributed by atoms with Crippen molar-refractivity contribution in [2.45, 2.75) is 51.4 Å². The summed E-state index contributed by atoms with van der Waals surface area (Å²) in [6.45, 7) is 2.41. The molecule has 0 radical (unpaired) electrons. The second-order valence-electron chi connectivity index (χ2n) is 7.51. The van der Waals surface area contributed by atoms with Crippen molar-refractivity contribution in [2.75, 3.05) is 16.8 Å². The van der Waals surface area contributed by atoms with Crippen molar-refractivity contribution in [1.29, 1.82) is 0 Å². The maximum Gasteiger partial charge on any atom is 0.231 e. The Morgan fingerprint density at radius 1 is 1.15 bits per heavy atom. The minimum absolute atomic E-state index is 0.0147. The van der Waals surface area contributed by atoms with Gasteiger partial charge in [-0.05, 0) is 31.9 Å². The molecule has 0 unspecified atom stereocenters. The van der Waals surface area contributed by atoms with Crippen LogP contribution >= 0.6 is 11.3 Å². The summed E-state index contributed by atoms with van der Waals surface area (Å²) in [5, 5.41) is 12.9. The van der Waals surface area contributed by atoms with E-state index < -0.39 is 0 Å². The normalized spacial score (nSPS) is 20.9. The Kier molecular flexibility index (Phi) is 5.20. The Labute approximate surface area is 163 Å². The number of rotatable bonds is 4. The number of aromatic nitrogens is 2. The summed E-state index contributed by atoms with van der Waals surface area (Å²) >= 11 is 1.47. The Bertz CT molecular complexity index is 827. The van der Waals surface area contributed by atoms with Gasteiger partial charge in [0.1, 0.15) is 5.01 Å². The molecule has 7 heteroatoms. The van der Waals surface area contributed by atoms with Crippen molar-refractivity contribution in [3.8, 4) is 0 Å². The molecule has 1 aliphatic heterocycles. The van der Waals surface area contributed by atoms with E-state index in [-0.39, 0.29) is 24.2 Å². The van der Waals surface area contributed by atoms with Crippen LogP contribution in [0.3, 0.4) is 0 Å². The molecule has 2 heterocycles. The van der Waals surface area contributed by atoms with Crippen LogP contribution in [-0.4, -0.2) is 28.6 Å². The van der Waals surface area contributed by atoms with Gasteiger partial charge >= 0.3 is 0 Å². The minimum Gasteiger partial charge on any atom is -0.312 e. The van der Waals surface area contributed by atoms with Crippen LogP contribution in [0.2, 0.25) is 0 Å². The van der Waals surface area contributed by atoms with E-state index in [1.165, 1.54) is 30.6 Å². The molecular weight excluding hydrogens is 360 g/mol. The highest BCUT2D eigenvalue weighted by atomic mass is 32.1. The van der Waals surface area contributed by atoms with Gasteiger partial charge in [0.15, 0.2) is 0 Å². The first-order valence-corrected chi connectivity index (χ1v) is 10.4. The van der Waals surface area contributed by atoms with E-state index in [4.69, 9.17) is 0 Å². The molecule has 1 aliphatic carbocycles. The summed E-state index contributed by atoms with van der Waals surface area (Å²) < 4.78 is 0. The van der Waals surface area contributed by atoms with Crippen molar-refractivity contribution in [3.05, 3.63) is 34.8 Å². The van der Waals surface area contributed by atoms with Crippen LogP contribution in [-0.2, 0) is 9.59 Å². The van der Waals surface area contributed by atoms with Gasteiger partial charge in [0, 0.05) is 24.6 Å². The fourth-order valence-electron chi connectivity index (χ4n) is 3.86. The SMILES string of the molecule is Cc1ccc(N2C[C@H](C(=O)Nc3nnc(C4CCCCC4)s3)CC2=O)cc1. The lowest BCUT2D eigenvalue weighted by Gasteiger charge is -2.18. The molecule has 2 aliphatic rings. The van der Waals surface area contributed by atoms with Crippen molar-refractivity contribution in [1.82, 2.24) is 10.2 Å². The second kappa shape index (κ2) is 7.76. The molecule has 27 heavy (non-hydrogen) atoms. The number of anilines is 2. The van der Waals surface area contributed by atoms with Gasteiger partial charge in [-0.3, -0.25) is 9.59 Å². The third kappa shape index (κ3) is 4.03. The molecule has 2 amide bonds. The van der Waals surface area contributed by atoms with Gasteiger partial charge in [-0.25, -0.2) is 0 Å². The van der Waals surface area contributed by atoms with Gasteiger partial charge in [-0.2, -0.15) is 0 Å². The summed E-state index contributed by atoms with van der Waals surface area (Å²) in [6, 6.07) is 7.80. The summed E-state index contributed by atoms with van der Waals surface area (Å²) in [5.74, 6) is -0.0451. The standard InChI is InChI=1S/C20H24N4O2S/c1-13-7-9-16(10-8-13)24-12-15(11-17(24)25)18(26)21-20-23-22-19(27-20)14-5-3-2-4-6-14/h7-10,14-15H,2-6,11-12H2,1H3,(H,21,23,26)/t15-/m1/s1. The van der Waals surface area contributed by atoms with Gasteiger partial charge in [-0.1, -0.05) is 48.3 Å². The molecule has 1 aromatic carbocycles. The van der Waals surface area contributed by atoms with Crippen LogP contribution in [0.15, 0.2) is 24.3 Å². The zero-order valence-corrected chi connectivity index (χ0v) is 16.3. The maximum absolute atomic E-state index is 12.6. The van der Waals surface area contributed by atoms with Gasteiger partial charge in [0.25, 0.3) is 0 Å². The molecule has 2 fully saturated rings. The Morgan fingerprint density at radius 2 is 1.89 bits per heavy atom. The Morgan fingerprint density at radius 3 is 2.63 bits per heavy atom. The third-order valence-electron chi connectivity index (χ3n) is 5.47. The summed E-state index contributed by atoms with van der Waals surface area (Å²) in [4.78, 5) is 26.7. The Hall–Kier alpha value is -2.28. The number of aryl methyl sites for hydroxylation is 1. The molecule has 2 aromatic rings. The molecule has 1 saturated heterocycles. The molecule has 0 spiro atoms. The zero-order valence-electron chi connectivity index (χ0n) is 15.5. The topological polar surface area (TPSA) is 75.2 Å². The van der Waals surface area contributed by atoms with Crippen LogP contribution < -0.4 is 10.2 Å². The van der Waals surface area contributed by atoms with Crippen molar-refractivity contribution in [2.24, 2.45) is 5.92 Å². The molecular formula is C20H24N4O2S. The van der Waals surface area contributed by atoms with Gasteiger partial charge in [-0.15, -0.1) is 10.2 Å². The molecule has 0 bridgehead atoms. The van der Waals surface area contributed by atoms with E-state index in [1.807, 2.05) is 31.2 Å². The zero-order chi connectivity index (χ0) is 18.8. The lowest BCUT2D eigenvalue weighted by atomic mass is 9.90. The van der Waals surface area contributed by atoms with Crippen LogP contribution in [0.5, 0.6) is 0 Å². The van der Waals surface area contributed by atoms with E-state index in [0.29, 0.717) is 17.6 Å². The number of nitrogens with zero attached hydrogens (tertiary/aromatic N) is 3.